The fraction of sp³-hybridized carbons (Fsp3) is 0.167. The van der Waals surface area contributed by atoms with Crippen LogP contribution in [0.5, 0.6) is 0 Å². The van der Waals surface area contributed by atoms with E-state index in [9.17, 15) is 39.9 Å². The minimum atomic E-state index is -1.07. The molecular weight excluding hydrogens is 342 g/mol. The summed E-state index contributed by atoms with van der Waals surface area (Å²) in [5.41, 5.74) is -5.82. The van der Waals surface area contributed by atoms with Gasteiger partial charge in [0.2, 0.25) is 0 Å². The van der Waals surface area contributed by atoms with Gasteiger partial charge >= 0.3 is 5.69 Å². The Morgan fingerprint density at radius 1 is 0.880 bits per heavy atom. The van der Waals surface area contributed by atoms with Gasteiger partial charge in [-0.25, -0.2) is 4.79 Å². The molecule has 0 N–H and O–H groups in total. The van der Waals surface area contributed by atoms with Crippen molar-refractivity contribution in [3.8, 4) is 11.1 Å². The van der Waals surface area contributed by atoms with Crippen LogP contribution in [0, 0.1) is 30.3 Å². The highest BCUT2D eigenvalue weighted by molar-refractivity contribution is 5.83. The fourth-order valence-electron chi connectivity index (χ4n) is 2.25. The van der Waals surface area contributed by atoms with Crippen LogP contribution in [0.3, 0.4) is 0 Å². The van der Waals surface area contributed by atoms with Crippen LogP contribution in [-0.4, -0.2) is 23.9 Å². The summed E-state index contributed by atoms with van der Waals surface area (Å²) in [6, 6.07) is 1.04. The summed E-state index contributed by atoms with van der Waals surface area (Å²) in [5.74, 6) is 0. The van der Waals surface area contributed by atoms with E-state index in [4.69, 9.17) is 0 Å². The Balaban J connectivity index is 3.07. The van der Waals surface area contributed by atoms with Gasteiger partial charge in [-0.3, -0.25) is 39.7 Å². The van der Waals surface area contributed by atoms with Crippen molar-refractivity contribution in [1.29, 1.82) is 0 Å². The number of hydrogen-bond donors (Lipinski definition) is 0. The highest BCUT2D eigenvalue weighted by Gasteiger charge is 2.33. The van der Waals surface area contributed by atoms with Crippen molar-refractivity contribution in [2.45, 2.75) is 0 Å². The van der Waals surface area contributed by atoms with E-state index in [-0.39, 0.29) is 0 Å². The van der Waals surface area contributed by atoms with Crippen LogP contribution < -0.4 is 11.2 Å². The van der Waals surface area contributed by atoms with E-state index < -0.39 is 54.2 Å². The molecule has 0 bridgehead atoms. The molecule has 0 aliphatic heterocycles. The van der Waals surface area contributed by atoms with Crippen LogP contribution in [0.1, 0.15) is 0 Å². The molecule has 0 atom stereocenters. The van der Waals surface area contributed by atoms with E-state index >= 15 is 0 Å². The van der Waals surface area contributed by atoms with E-state index in [1.165, 1.54) is 7.05 Å². The normalized spacial score (nSPS) is 10.5. The molecule has 1 aromatic carbocycles. The zero-order valence-electron chi connectivity index (χ0n) is 12.7. The summed E-state index contributed by atoms with van der Waals surface area (Å²) < 4.78 is 1.52. The Labute approximate surface area is 136 Å². The average Bonchev–Trinajstić information content (AvgIpc) is 2.54. The smallest absolute Gasteiger partial charge is 0.303 e. The number of rotatable bonds is 4. The van der Waals surface area contributed by atoms with Gasteiger partial charge in [0.05, 0.1) is 32.5 Å². The maximum atomic E-state index is 12.3. The zero-order chi connectivity index (χ0) is 19.0. The molecule has 0 radical (unpaired) electrons. The van der Waals surface area contributed by atoms with Crippen molar-refractivity contribution in [2.75, 3.05) is 0 Å². The van der Waals surface area contributed by atoms with Crippen LogP contribution >= 0.6 is 0 Å². The number of aryl methyl sites for hydroxylation is 1. The lowest BCUT2D eigenvalue weighted by Crippen LogP contribution is -2.37. The van der Waals surface area contributed by atoms with Crippen molar-refractivity contribution < 1.29 is 14.8 Å². The molecule has 0 saturated heterocycles. The molecule has 13 nitrogen and oxygen atoms in total. The van der Waals surface area contributed by atoms with E-state index in [2.05, 4.69) is 0 Å². The second kappa shape index (κ2) is 5.95. The highest BCUT2D eigenvalue weighted by atomic mass is 16.6. The van der Waals surface area contributed by atoms with Gasteiger partial charge in [-0.05, 0) is 0 Å². The van der Waals surface area contributed by atoms with Crippen LogP contribution in [0.25, 0.3) is 11.1 Å². The average molecular weight is 351 g/mol. The van der Waals surface area contributed by atoms with Gasteiger partial charge in [0.15, 0.2) is 0 Å². The first kappa shape index (κ1) is 17.5. The number of aromatic nitrogens is 2. The molecule has 0 aliphatic carbocycles. The molecule has 0 fully saturated rings. The SMILES string of the molecule is Cn1cc(-c2c([N+](=O)[O-])cc([N+](=O)[O-])cc2[N+](=O)[O-])c(=O)n(C)c1=O. The predicted molar refractivity (Wildman–Crippen MR) is 82.3 cm³/mol. The lowest BCUT2D eigenvalue weighted by Gasteiger charge is -2.08. The Kier molecular flexibility index (Phi) is 4.16. The standard InChI is InChI=1S/C12H9N5O8/c1-13-5-7(11(18)14(2)12(13)19)10-8(16(22)23)3-6(15(20)21)4-9(10)17(24)25/h3-5H,1-2H3. The summed E-state index contributed by atoms with van der Waals surface area (Å²) >= 11 is 0. The number of nitro benzene ring substituents is 3. The fourth-order valence-corrected chi connectivity index (χ4v) is 2.25. The van der Waals surface area contributed by atoms with Crippen molar-refractivity contribution in [1.82, 2.24) is 9.13 Å². The lowest BCUT2D eigenvalue weighted by molar-refractivity contribution is -0.402. The molecular formula is C12H9N5O8. The van der Waals surface area contributed by atoms with Gasteiger partial charge in [-0.15, -0.1) is 0 Å². The summed E-state index contributed by atoms with van der Waals surface area (Å²) in [6.45, 7) is 0. The lowest BCUT2D eigenvalue weighted by atomic mass is 10.0. The van der Waals surface area contributed by atoms with Crippen molar-refractivity contribution in [2.24, 2.45) is 14.1 Å². The molecule has 130 valence electrons. The topological polar surface area (TPSA) is 173 Å². The van der Waals surface area contributed by atoms with E-state index in [0.717, 1.165) is 17.8 Å². The molecule has 13 heteroatoms. The summed E-state index contributed by atoms with van der Waals surface area (Å²) in [5, 5.41) is 33.4. The molecule has 1 heterocycles. The molecule has 0 spiro atoms. The van der Waals surface area contributed by atoms with Gasteiger partial charge in [0.25, 0.3) is 22.6 Å². The molecule has 0 saturated carbocycles. The monoisotopic (exact) mass is 351 g/mol. The maximum absolute atomic E-state index is 12.3. The Morgan fingerprint density at radius 2 is 1.36 bits per heavy atom. The maximum Gasteiger partial charge on any atom is 0.330 e. The van der Waals surface area contributed by atoms with Crippen LogP contribution in [-0.2, 0) is 14.1 Å². The molecule has 0 aliphatic rings. The van der Waals surface area contributed by atoms with E-state index in [0.29, 0.717) is 16.7 Å². The Hall–Kier alpha value is -3.90. The number of benzene rings is 1. The van der Waals surface area contributed by atoms with Crippen molar-refractivity contribution in [3.05, 3.63) is 69.5 Å². The zero-order valence-corrected chi connectivity index (χ0v) is 12.7. The molecule has 2 rings (SSSR count). The number of non-ortho nitro benzene ring substituents is 1. The Morgan fingerprint density at radius 3 is 1.76 bits per heavy atom. The molecule has 1 aromatic heterocycles. The van der Waals surface area contributed by atoms with Crippen LogP contribution in [0.2, 0.25) is 0 Å². The Bertz CT molecular complexity index is 1020. The largest absolute Gasteiger partial charge is 0.330 e. The van der Waals surface area contributed by atoms with Gasteiger partial charge in [0.1, 0.15) is 5.56 Å². The predicted octanol–water partition coefficient (Wildman–Crippen LogP) is 0.476. The number of nitro groups is 3. The van der Waals surface area contributed by atoms with Gasteiger partial charge in [-0.2, -0.15) is 0 Å². The summed E-state index contributed by atoms with van der Waals surface area (Å²) in [4.78, 5) is 54.3. The quantitative estimate of drug-likeness (QED) is 0.564. The highest BCUT2D eigenvalue weighted by Crippen LogP contribution is 2.39. The van der Waals surface area contributed by atoms with Crippen LogP contribution in [0.15, 0.2) is 27.9 Å². The second-order valence-electron chi connectivity index (χ2n) is 4.93. The van der Waals surface area contributed by atoms with Crippen LogP contribution in [0.4, 0.5) is 17.1 Å². The first-order valence-electron chi connectivity index (χ1n) is 6.44. The summed E-state index contributed by atoms with van der Waals surface area (Å²) in [6.07, 6.45) is 0.909. The minimum Gasteiger partial charge on any atom is -0.303 e. The molecule has 0 unspecified atom stereocenters. The second-order valence-corrected chi connectivity index (χ2v) is 4.93. The third kappa shape index (κ3) is 2.85. The first-order chi connectivity index (χ1) is 11.6. The van der Waals surface area contributed by atoms with Crippen molar-refractivity contribution in [3.63, 3.8) is 0 Å². The third-order valence-corrected chi connectivity index (χ3v) is 3.40. The van der Waals surface area contributed by atoms with Crippen molar-refractivity contribution >= 4 is 17.1 Å². The summed E-state index contributed by atoms with van der Waals surface area (Å²) in [7, 11) is 2.34. The van der Waals surface area contributed by atoms with Gasteiger partial charge in [-0.1, -0.05) is 0 Å². The third-order valence-electron chi connectivity index (χ3n) is 3.40. The van der Waals surface area contributed by atoms with Gasteiger partial charge < -0.3 is 4.57 Å². The van der Waals surface area contributed by atoms with Gasteiger partial charge in [0, 0.05) is 20.3 Å². The van der Waals surface area contributed by atoms with E-state index in [1.54, 1.807) is 0 Å². The van der Waals surface area contributed by atoms with E-state index in [1.807, 2.05) is 0 Å². The minimum absolute atomic E-state index is 0.502. The number of nitrogens with zero attached hydrogens (tertiary/aromatic N) is 5. The molecule has 25 heavy (non-hydrogen) atoms. The first-order valence-corrected chi connectivity index (χ1v) is 6.44. The number of hydrogen-bond acceptors (Lipinski definition) is 8. The molecule has 0 amide bonds. The molecule has 2 aromatic rings.